The van der Waals surface area contributed by atoms with E-state index in [2.05, 4.69) is 25.4 Å². The fraction of sp³-hybridized carbons (Fsp3) is 0.143. The van der Waals surface area contributed by atoms with Gasteiger partial charge >= 0.3 is 12.1 Å². The lowest BCUT2D eigenvalue weighted by atomic mass is 10.1. The lowest BCUT2D eigenvalue weighted by Crippen LogP contribution is -2.12. The van der Waals surface area contributed by atoms with Crippen molar-refractivity contribution in [3.63, 3.8) is 0 Å². The monoisotopic (exact) mass is 473 g/mol. The molecule has 0 saturated carbocycles. The van der Waals surface area contributed by atoms with E-state index in [-0.39, 0.29) is 39.8 Å². The maximum atomic E-state index is 13.1. The summed E-state index contributed by atoms with van der Waals surface area (Å²) in [5.74, 6) is -0.659. The van der Waals surface area contributed by atoms with Gasteiger partial charge in [-0.05, 0) is 43.0 Å². The van der Waals surface area contributed by atoms with Gasteiger partial charge in [-0.1, -0.05) is 30.3 Å². The smallest absolute Gasteiger partial charge is 0.416 e. The van der Waals surface area contributed by atoms with Crippen LogP contribution in [0.25, 0.3) is 22.8 Å². The number of carbonyl (C=O) groups is 1. The zero-order chi connectivity index (χ0) is 23.4. The van der Waals surface area contributed by atoms with Crippen molar-refractivity contribution in [2.45, 2.75) is 23.3 Å². The molecule has 0 aliphatic rings. The summed E-state index contributed by atoms with van der Waals surface area (Å²) in [4.78, 5) is 16.6. The Morgan fingerprint density at radius 3 is 2.48 bits per heavy atom. The number of carbonyl (C=O) groups excluding carboxylic acids is 1. The fourth-order valence-corrected chi connectivity index (χ4v) is 3.42. The molecule has 0 aliphatic carbocycles. The summed E-state index contributed by atoms with van der Waals surface area (Å²) in [6, 6.07) is 13.5. The molecule has 0 fully saturated rings. The first kappa shape index (κ1) is 22.4. The van der Waals surface area contributed by atoms with E-state index >= 15 is 0 Å². The van der Waals surface area contributed by atoms with Crippen molar-refractivity contribution in [2.24, 2.45) is 0 Å². The summed E-state index contributed by atoms with van der Waals surface area (Å²) >= 11 is 0.826. The van der Waals surface area contributed by atoms with Crippen LogP contribution in [0.3, 0.4) is 0 Å². The Morgan fingerprint density at radius 1 is 1.00 bits per heavy atom. The lowest BCUT2D eigenvalue weighted by molar-refractivity contribution is -0.137. The molecule has 0 aliphatic heterocycles. The van der Waals surface area contributed by atoms with E-state index in [4.69, 9.17) is 9.15 Å². The Labute approximate surface area is 189 Å². The molecule has 168 valence electrons. The molecule has 0 amide bonds. The van der Waals surface area contributed by atoms with Gasteiger partial charge in [0.05, 0.1) is 12.2 Å². The minimum atomic E-state index is -4.54. The van der Waals surface area contributed by atoms with Gasteiger partial charge in [0.1, 0.15) is 5.03 Å². The van der Waals surface area contributed by atoms with E-state index in [0.29, 0.717) is 5.56 Å². The first-order valence-electron chi connectivity index (χ1n) is 9.51. The Bertz CT molecular complexity index is 1280. The van der Waals surface area contributed by atoms with Gasteiger partial charge < -0.3 is 9.15 Å². The molecule has 0 atom stereocenters. The van der Waals surface area contributed by atoms with E-state index in [9.17, 15) is 18.0 Å². The van der Waals surface area contributed by atoms with Gasteiger partial charge in [0.25, 0.3) is 5.22 Å². The number of alkyl halides is 3. The highest BCUT2D eigenvalue weighted by atomic mass is 32.2. The molecule has 0 unspecified atom stereocenters. The average molecular weight is 473 g/mol. The predicted octanol–water partition coefficient (Wildman–Crippen LogP) is 4.94. The van der Waals surface area contributed by atoms with Crippen LogP contribution in [0.15, 0.2) is 69.3 Å². The van der Waals surface area contributed by atoms with E-state index in [1.165, 1.54) is 12.1 Å². The average Bonchev–Trinajstić information content (AvgIpc) is 3.28. The van der Waals surface area contributed by atoms with Gasteiger partial charge in [0.15, 0.2) is 5.82 Å². The third kappa shape index (κ3) is 5.17. The zero-order valence-electron chi connectivity index (χ0n) is 16.9. The van der Waals surface area contributed by atoms with Crippen molar-refractivity contribution in [1.29, 1.82) is 0 Å². The van der Waals surface area contributed by atoms with Gasteiger partial charge in [0.2, 0.25) is 11.6 Å². The lowest BCUT2D eigenvalue weighted by Gasteiger charge is -2.09. The number of aromatic nitrogens is 5. The van der Waals surface area contributed by atoms with Crippen LogP contribution in [-0.4, -0.2) is 38.0 Å². The first-order chi connectivity index (χ1) is 15.8. The zero-order valence-corrected chi connectivity index (χ0v) is 17.7. The van der Waals surface area contributed by atoms with Crippen molar-refractivity contribution in [2.75, 3.05) is 6.61 Å². The van der Waals surface area contributed by atoms with Gasteiger partial charge in [-0.25, -0.2) is 9.78 Å². The summed E-state index contributed by atoms with van der Waals surface area (Å²) in [6.07, 6.45) is -4.54. The predicted molar refractivity (Wildman–Crippen MR) is 110 cm³/mol. The second kappa shape index (κ2) is 9.36. The van der Waals surface area contributed by atoms with Crippen LogP contribution in [0, 0.1) is 0 Å². The number of nitrogens with zero attached hydrogens (tertiary/aromatic N) is 5. The quantitative estimate of drug-likeness (QED) is 0.360. The summed E-state index contributed by atoms with van der Waals surface area (Å²) in [5, 5.41) is 15.6. The Kier molecular flexibility index (Phi) is 6.36. The molecule has 0 radical (unpaired) electrons. The Morgan fingerprint density at radius 2 is 1.76 bits per heavy atom. The third-order valence-corrected chi connectivity index (χ3v) is 5.00. The number of benzene rings is 2. The van der Waals surface area contributed by atoms with E-state index < -0.39 is 17.7 Å². The number of hydrogen-bond acceptors (Lipinski definition) is 9. The highest BCUT2D eigenvalue weighted by Crippen LogP contribution is 2.33. The molecule has 2 aromatic heterocycles. The summed E-state index contributed by atoms with van der Waals surface area (Å²) in [5.41, 5.74) is -0.327. The Balaban J connectivity index is 1.71. The van der Waals surface area contributed by atoms with E-state index in [1.54, 1.807) is 31.2 Å². The van der Waals surface area contributed by atoms with Crippen molar-refractivity contribution in [3.8, 4) is 22.8 Å². The van der Waals surface area contributed by atoms with Crippen molar-refractivity contribution >= 4 is 17.7 Å². The standard InChI is InChI=1S/C21H14F3N5O3S/c1-2-31-19(30)15-18(33-20-29-28-17(32-20)12-7-4-3-5-8-12)25-16(27-26-15)13-9-6-10-14(11-13)21(22,23)24/h3-11H,2H2,1H3. The van der Waals surface area contributed by atoms with Crippen LogP contribution < -0.4 is 0 Å². The van der Waals surface area contributed by atoms with E-state index in [0.717, 1.165) is 23.9 Å². The minimum absolute atomic E-state index is 0.000812. The summed E-state index contributed by atoms with van der Waals surface area (Å²) in [7, 11) is 0. The van der Waals surface area contributed by atoms with Crippen LogP contribution in [0.2, 0.25) is 0 Å². The number of rotatable bonds is 6. The largest absolute Gasteiger partial charge is 0.461 e. The number of ether oxygens (including phenoxy) is 1. The molecule has 2 aromatic carbocycles. The molecular weight excluding hydrogens is 459 g/mol. The van der Waals surface area contributed by atoms with Crippen LogP contribution in [0.5, 0.6) is 0 Å². The molecule has 4 aromatic rings. The fourth-order valence-electron chi connectivity index (χ4n) is 2.70. The highest BCUT2D eigenvalue weighted by Gasteiger charge is 2.31. The maximum absolute atomic E-state index is 13.1. The topological polar surface area (TPSA) is 104 Å². The Hall–Kier alpha value is -3.80. The number of hydrogen-bond donors (Lipinski definition) is 0. The van der Waals surface area contributed by atoms with Crippen LogP contribution in [0.4, 0.5) is 13.2 Å². The second-order valence-corrected chi connectivity index (χ2v) is 7.37. The molecule has 0 N–H and O–H groups in total. The van der Waals surface area contributed by atoms with Gasteiger partial charge in [-0.2, -0.15) is 13.2 Å². The molecule has 12 heteroatoms. The maximum Gasteiger partial charge on any atom is 0.416 e. The van der Waals surface area contributed by atoms with Crippen LogP contribution in [-0.2, 0) is 10.9 Å². The molecule has 2 heterocycles. The van der Waals surface area contributed by atoms with Gasteiger partial charge in [0, 0.05) is 11.1 Å². The van der Waals surface area contributed by atoms with E-state index in [1.807, 2.05) is 6.07 Å². The van der Waals surface area contributed by atoms with Crippen LogP contribution in [0.1, 0.15) is 23.0 Å². The van der Waals surface area contributed by atoms with Gasteiger partial charge in [-0.15, -0.1) is 20.4 Å². The SMILES string of the molecule is CCOC(=O)c1nnc(-c2cccc(C(F)(F)F)c2)nc1Sc1nnc(-c2ccccc2)o1. The molecular formula is C21H14F3N5O3S. The van der Waals surface area contributed by atoms with Crippen LogP contribution >= 0.6 is 11.8 Å². The van der Waals surface area contributed by atoms with Crippen molar-refractivity contribution < 1.29 is 27.1 Å². The molecule has 8 nitrogen and oxygen atoms in total. The van der Waals surface area contributed by atoms with Gasteiger partial charge in [-0.3, -0.25) is 0 Å². The first-order valence-corrected chi connectivity index (χ1v) is 10.3. The van der Waals surface area contributed by atoms with Crippen molar-refractivity contribution in [1.82, 2.24) is 25.4 Å². The molecule has 4 rings (SSSR count). The summed E-state index contributed by atoms with van der Waals surface area (Å²) < 4.78 is 49.9. The molecule has 0 saturated heterocycles. The molecule has 0 bridgehead atoms. The molecule has 0 spiro atoms. The summed E-state index contributed by atoms with van der Waals surface area (Å²) in [6.45, 7) is 1.70. The van der Waals surface area contributed by atoms with Crippen molar-refractivity contribution in [3.05, 3.63) is 65.9 Å². The highest BCUT2D eigenvalue weighted by molar-refractivity contribution is 7.99. The normalized spacial score (nSPS) is 11.4. The molecule has 33 heavy (non-hydrogen) atoms. The minimum Gasteiger partial charge on any atom is -0.461 e. The second-order valence-electron chi connectivity index (χ2n) is 6.43. The number of esters is 1. The third-order valence-electron chi connectivity index (χ3n) is 4.18. The number of halogens is 3.